The van der Waals surface area contributed by atoms with E-state index in [1.807, 2.05) is 49.4 Å². The summed E-state index contributed by atoms with van der Waals surface area (Å²) in [5.74, 6) is -0.0856. The van der Waals surface area contributed by atoms with Gasteiger partial charge in [-0.3, -0.25) is 4.79 Å². The summed E-state index contributed by atoms with van der Waals surface area (Å²) in [4.78, 5) is 12.1. The maximum Gasteiger partial charge on any atom is 0.251 e. The Labute approximate surface area is 127 Å². The molecule has 2 aromatic carbocycles. The van der Waals surface area contributed by atoms with Crippen molar-refractivity contribution in [1.82, 2.24) is 5.32 Å². The highest BCUT2D eigenvalue weighted by molar-refractivity contribution is 9.10. The molecule has 0 aliphatic heterocycles. The Kier molecular flexibility index (Phi) is 4.93. The minimum absolute atomic E-state index is 0.0856. The maximum atomic E-state index is 12.1. The first kappa shape index (κ1) is 14.8. The number of halogens is 1. The zero-order chi connectivity index (χ0) is 14.5. The van der Waals surface area contributed by atoms with Gasteiger partial charge in [-0.25, -0.2) is 0 Å². The van der Waals surface area contributed by atoms with Crippen LogP contribution in [0.25, 0.3) is 0 Å². The largest absolute Gasteiger partial charge is 0.348 e. The van der Waals surface area contributed by atoms with Gasteiger partial charge >= 0.3 is 0 Å². The molecule has 0 aliphatic rings. The number of benzene rings is 2. The Bertz CT molecular complexity index is 626. The third kappa shape index (κ3) is 3.46. The van der Waals surface area contributed by atoms with Crippen LogP contribution in [0.1, 0.15) is 27.0 Å². The van der Waals surface area contributed by atoms with E-state index >= 15 is 0 Å². The molecule has 2 rings (SSSR count). The van der Waals surface area contributed by atoms with E-state index in [0.29, 0.717) is 18.7 Å². The highest BCUT2D eigenvalue weighted by Gasteiger charge is 2.08. The number of rotatable bonds is 4. The number of aryl methyl sites for hydroxylation is 1. The average Bonchev–Trinajstić information content (AvgIpc) is 2.47. The van der Waals surface area contributed by atoms with E-state index in [2.05, 4.69) is 21.2 Å². The first-order valence-corrected chi connectivity index (χ1v) is 7.22. The van der Waals surface area contributed by atoms with Crippen LogP contribution < -0.4 is 11.1 Å². The van der Waals surface area contributed by atoms with E-state index in [-0.39, 0.29) is 5.91 Å². The Morgan fingerprint density at radius 3 is 2.55 bits per heavy atom. The number of carbonyl (C=O) groups excluding carboxylic acids is 1. The summed E-state index contributed by atoms with van der Waals surface area (Å²) in [6.07, 6.45) is 0. The molecule has 0 spiro atoms. The van der Waals surface area contributed by atoms with E-state index in [0.717, 1.165) is 21.2 Å². The molecule has 20 heavy (non-hydrogen) atoms. The Hall–Kier alpha value is -1.65. The van der Waals surface area contributed by atoms with Gasteiger partial charge in [-0.2, -0.15) is 0 Å². The Balaban J connectivity index is 2.06. The van der Waals surface area contributed by atoms with Crippen molar-refractivity contribution in [3.05, 3.63) is 69.2 Å². The van der Waals surface area contributed by atoms with Crippen LogP contribution in [-0.2, 0) is 13.1 Å². The van der Waals surface area contributed by atoms with Crippen LogP contribution in [0.15, 0.2) is 46.9 Å². The third-order valence-electron chi connectivity index (χ3n) is 3.21. The second kappa shape index (κ2) is 6.68. The molecule has 0 bridgehead atoms. The van der Waals surface area contributed by atoms with E-state index in [1.54, 1.807) is 0 Å². The van der Waals surface area contributed by atoms with Crippen LogP contribution in [0.4, 0.5) is 0 Å². The lowest BCUT2D eigenvalue weighted by molar-refractivity contribution is 0.0951. The van der Waals surface area contributed by atoms with Crippen LogP contribution in [-0.4, -0.2) is 5.91 Å². The smallest absolute Gasteiger partial charge is 0.251 e. The van der Waals surface area contributed by atoms with Gasteiger partial charge in [-0.15, -0.1) is 0 Å². The zero-order valence-corrected chi connectivity index (χ0v) is 12.9. The minimum atomic E-state index is -0.0856. The standard InChI is InChI=1S/C16H17BrN2O/c1-11-6-7-12(8-15(11)17)16(20)19-10-14-5-3-2-4-13(14)9-18/h2-8H,9-10,18H2,1H3,(H,19,20). The molecule has 104 valence electrons. The van der Waals surface area contributed by atoms with Gasteiger partial charge in [-0.1, -0.05) is 46.3 Å². The van der Waals surface area contributed by atoms with E-state index in [1.165, 1.54) is 0 Å². The number of nitrogens with two attached hydrogens (primary N) is 1. The fourth-order valence-electron chi connectivity index (χ4n) is 1.94. The van der Waals surface area contributed by atoms with E-state index in [9.17, 15) is 4.79 Å². The molecule has 2 aromatic rings. The lowest BCUT2D eigenvalue weighted by Gasteiger charge is -2.10. The molecule has 0 atom stereocenters. The van der Waals surface area contributed by atoms with Crippen molar-refractivity contribution < 1.29 is 4.79 Å². The summed E-state index contributed by atoms with van der Waals surface area (Å²) in [7, 11) is 0. The maximum absolute atomic E-state index is 12.1. The number of hydrogen-bond acceptors (Lipinski definition) is 2. The number of nitrogens with one attached hydrogen (secondary N) is 1. The summed E-state index contributed by atoms with van der Waals surface area (Å²) in [6.45, 7) is 2.95. The molecule has 0 radical (unpaired) electrons. The van der Waals surface area contributed by atoms with Crippen molar-refractivity contribution >= 4 is 21.8 Å². The number of amides is 1. The first-order chi connectivity index (χ1) is 9.61. The highest BCUT2D eigenvalue weighted by Crippen LogP contribution is 2.17. The molecule has 0 unspecified atom stereocenters. The van der Waals surface area contributed by atoms with Gasteiger partial charge < -0.3 is 11.1 Å². The topological polar surface area (TPSA) is 55.1 Å². The van der Waals surface area contributed by atoms with E-state index in [4.69, 9.17) is 5.73 Å². The average molecular weight is 333 g/mol. The normalized spacial score (nSPS) is 10.3. The van der Waals surface area contributed by atoms with Gasteiger partial charge in [0.1, 0.15) is 0 Å². The second-order valence-corrected chi connectivity index (χ2v) is 5.47. The third-order valence-corrected chi connectivity index (χ3v) is 4.07. The highest BCUT2D eigenvalue weighted by atomic mass is 79.9. The summed E-state index contributed by atoms with van der Waals surface area (Å²) >= 11 is 3.44. The number of carbonyl (C=O) groups is 1. The predicted molar refractivity (Wildman–Crippen MR) is 84.4 cm³/mol. The van der Waals surface area contributed by atoms with Crippen LogP contribution in [0.2, 0.25) is 0 Å². The molecular weight excluding hydrogens is 316 g/mol. The van der Waals surface area contributed by atoms with Crippen LogP contribution in [0.3, 0.4) is 0 Å². The summed E-state index contributed by atoms with van der Waals surface area (Å²) in [5, 5.41) is 2.92. The molecule has 0 aliphatic carbocycles. The Morgan fingerprint density at radius 1 is 1.20 bits per heavy atom. The molecule has 0 fully saturated rings. The van der Waals surface area contributed by atoms with Crippen molar-refractivity contribution in [2.45, 2.75) is 20.0 Å². The van der Waals surface area contributed by atoms with Gasteiger partial charge in [0.25, 0.3) is 5.91 Å². The van der Waals surface area contributed by atoms with Crippen LogP contribution in [0.5, 0.6) is 0 Å². The van der Waals surface area contributed by atoms with Gasteiger partial charge in [0.2, 0.25) is 0 Å². The molecule has 0 aromatic heterocycles. The summed E-state index contributed by atoms with van der Waals surface area (Å²) in [6, 6.07) is 13.4. The predicted octanol–water partition coefficient (Wildman–Crippen LogP) is 3.15. The fourth-order valence-corrected chi connectivity index (χ4v) is 2.32. The van der Waals surface area contributed by atoms with E-state index < -0.39 is 0 Å². The SMILES string of the molecule is Cc1ccc(C(=O)NCc2ccccc2CN)cc1Br. The lowest BCUT2D eigenvalue weighted by atomic mass is 10.1. The van der Waals surface area contributed by atoms with Gasteiger partial charge in [0, 0.05) is 23.1 Å². The first-order valence-electron chi connectivity index (χ1n) is 6.43. The quantitative estimate of drug-likeness (QED) is 0.903. The van der Waals surface area contributed by atoms with Crippen molar-refractivity contribution in [1.29, 1.82) is 0 Å². The summed E-state index contributed by atoms with van der Waals surface area (Å²) in [5.41, 5.74) is 9.54. The fraction of sp³-hybridized carbons (Fsp3) is 0.188. The molecule has 3 N–H and O–H groups in total. The van der Waals surface area contributed by atoms with Gasteiger partial charge in [0.15, 0.2) is 0 Å². The van der Waals surface area contributed by atoms with Crippen LogP contribution >= 0.6 is 15.9 Å². The Morgan fingerprint density at radius 2 is 1.90 bits per heavy atom. The van der Waals surface area contributed by atoms with Crippen molar-refractivity contribution in [2.75, 3.05) is 0 Å². The monoisotopic (exact) mass is 332 g/mol. The molecule has 0 saturated carbocycles. The molecular formula is C16H17BrN2O. The molecule has 0 saturated heterocycles. The van der Waals surface area contributed by atoms with Crippen LogP contribution in [0, 0.1) is 6.92 Å². The lowest BCUT2D eigenvalue weighted by Crippen LogP contribution is -2.23. The molecule has 3 nitrogen and oxygen atoms in total. The van der Waals surface area contributed by atoms with Gasteiger partial charge in [-0.05, 0) is 35.7 Å². The van der Waals surface area contributed by atoms with Gasteiger partial charge in [0.05, 0.1) is 0 Å². The summed E-state index contributed by atoms with van der Waals surface area (Å²) < 4.78 is 0.938. The van der Waals surface area contributed by atoms with Crippen molar-refractivity contribution in [2.24, 2.45) is 5.73 Å². The second-order valence-electron chi connectivity index (χ2n) is 4.62. The molecule has 4 heteroatoms. The molecule has 1 amide bonds. The van der Waals surface area contributed by atoms with Crippen molar-refractivity contribution in [3.63, 3.8) is 0 Å². The van der Waals surface area contributed by atoms with Crippen molar-refractivity contribution in [3.8, 4) is 0 Å². The molecule has 0 heterocycles. The number of hydrogen-bond donors (Lipinski definition) is 2. The minimum Gasteiger partial charge on any atom is -0.348 e. The zero-order valence-electron chi connectivity index (χ0n) is 11.3.